The summed E-state index contributed by atoms with van der Waals surface area (Å²) in [5.74, 6) is 0.648. The van der Waals surface area contributed by atoms with Crippen molar-refractivity contribution in [1.82, 2.24) is 10.2 Å². The molecule has 2 aromatic rings. The number of hydrogen-bond donors (Lipinski definition) is 1. The van der Waals surface area contributed by atoms with Gasteiger partial charge in [0.1, 0.15) is 11.8 Å². The van der Waals surface area contributed by atoms with Crippen LogP contribution in [0.3, 0.4) is 0 Å². The summed E-state index contributed by atoms with van der Waals surface area (Å²) in [6, 6.07) is 13.2. The van der Waals surface area contributed by atoms with Crippen LogP contribution in [-0.2, 0) is 16.1 Å². The summed E-state index contributed by atoms with van der Waals surface area (Å²) in [5.41, 5.74) is 4.25. The zero-order valence-electron chi connectivity index (χ0n) is 19.0. The van der Waals surface area contributed by atoms with Crippen molar-refractivity contribution in [1.29, 1.82) is 0 Å². The molecule has 0 unspecified atom stereocenters. The van der Waals surface area contributed by atoms with Gasteiger partial charge in [-0.15, -0.1) is 0 Å². The van der Waals surface area contributed by atoms with E-state index in [4.69, 9.17) is 4.74 Å². The minimum absolute atomic E-state index is 0.114. The van der Waals surface area contributed by atoms with Gasteiger partial charge in [0.25, 0.3) is 5.91 Å². The number of carbonyl (C=O) groups excluding carboxylic acids is 2. The Bertz CT molecular complexity index is 859. The van der Waals surface area contributed by atoms with Crippen LogP contribution in [0.2, 0.25) is 0 Å². The summed E-state index contributed by atoms with van der Waals surface area (Å²) >= 11 is 0. The van der Waals surface area contributed by atoms with Crippen molar-refractivity contribution in [3.8, 4) is 5.75 Å². The molecular formula is C25H34N2O3. The summed E-state index contributed by atoms with van der Waals surface area (Å²) in [4.78, 5) is 27.3. The third-order valence-corrected chi connectivity index (χ3v) is 5.01. The fourth-order valence-corrected chi connectivity index (χ4v) is 3.11. The van der Waals surface area contributed by atoms with Gasteiger partial charge in [0.15, 0.2) is 6.61 Å². The molecule has 0 heterocycles. The molecule has 162 valence electrons. The Morgan fingerprint density at radius 2 is 1.60 bits per heavy atom. The van der Waals surface area contributed by atoms with Crippen LogP contribution >= 0.6 is 0 Å². The lowest BCUT2D eigenvalue weighted by Crippen LogP contribution is -2.49. The maximum absolute atomic E-state index is 13.1. The average molecular weight is 411 g/mol. The van der Waals surface area contributed by atoms with E-state index in [1.54, 1.807) is 11.8 Å². The molecule has 1 atom stereocenters. The first-order valence-corrected chi connectivity index (χ1v) is 10.5. The monoisotopic (exact) mass is 410 g/mol. The van der Waals surface area contributed by atoms with Crippen molar-refractivity contribution >= 4 is 11.8 Å². The van der Waals surface area contributed by atoms with Crippen LogP contribution < -0.4 is 10.1 Å². The Balaban J connectivity index is 2.14. The largest absolute Gasteiger partial charge is 0.483 e. The maximum atomic E-state index is 13.1. The molecule has 0 aliphatic heterocycles. The van der Waals surface area contributed by atoms with Gasteiger partial charge in [-0.05, 0) is 50.8 Å². The SMILES string of the molecule is Cc1ccc(CN(C(=O)COc2ccc(C)cc2C)[C@@H](C)C(=O)NCC(C)C)cc1. The van der Waals surface area contributed by atoms with Crippen molar-refractivity contribution < 1.29 is 14.3 Å². The van der Waals surface area contributed by atoms with E-state index in [0.29, 0.717) is 24.8 Å². The molecule has 0 saturated heterocycles. The molecule has 0 aliphatic carbocycles. The third kappa shape index (κ3) is 6.90. The highest BCUT2D eigenvalue weighted by molar-refractivity contribution is 5.88. The molecule has 0 saturated carbocycles. The van der Waals surface area contributed by atoms with E-state index in [0.717, 1.165) is 22.3 Å². The molecule has 0 radical (unpaired) electrons. The van der Waals surface area contributed by atoms with Gasteiger partial charge in [-0.3, -0.25) is 9.59 Å². The summed E-state index contributed by atoms with van der Waals surface area (Å²) in [6.07, 6.45) is 0. The predicted octanol–water partition coefficient (Wildman–Crippen LogP) is 4.18. The van der Waals surface area contributed by atoms with Gasteiger partial charge >= 0.3 is 0 Å². The Morgan fingerprint density at radius 1 is 0.967 bits per heavy atom. The first-order valence-electron chi connectivity index (χ1n) is 10.5. The zero-order valence-corrected chi connectivity index (χ0v) is 19.0. The number of carbonyl (C=O) groups is 2. The van der Waals surface area contributed by atoms with Crippen LogP contribution in [0.15, 0.2) is 42.5 Å². The van der Waals surface area contributed by atoms with Crippen molar-refractivity contribution in [3.63, 3.8) is 0 Å². The summed E-state index contributed by atoms with van der Waals surface area (Å²) in [5, 5.41) is 2.93. The second-order valence-corrected chi connectivity index (χ2v) is 8.38. The lowest BCUT2D eigenvalue weighted by atomic mass is 10.1. The molecule has 1 N–H and O–H groups in total. The fourth-order valence-electron chi connectivity index (χ4n) is 3.11. The Morgan fingerprint density at radius 3 is 2.20 bits per heavy atom. The van der Waals surface area contributed by atoms with Crippen LogP contribution in [0.4, 0.5) is 0 Å². The van der Waals surface area contributed by atoms with Crippen LogP contribution in [0.1, 0.15) is 43.0 Å². The van der Waals surface area contributed by atoms with Crippen LogP contribution in [0, 0.1) is 26.7 Å². The minimum Gasteiger partial charge on any atom is -0.483 e. The third-order valence-electron chi connectivity index (χ3n) is 5.01. The molecule has 2 rings (SSSR count). The number of rotatable bonds is 9. The molecule has 5 heteroatoms. The Kier molecular flexibility index (Phi) is 8.46. The molecule has 0 spiro atoms. The van der Waals surface area contributed by atoms with Crippen molar-refractivity contribution in [2.45, 2.75) is 54.1 Å². The highest BCUT2D eigenvalue weighted by Crippen LogP contribution is 2.19. The summed E-state index contributed by atoms with van der Waals surface area (Å²) < 4.78 is 5.80. The molecule has 0 fully saturated rings. The molecule has 0 aromatic heterocycles. The van der Waals surface area contributed by atoms with Crippen molar-refractivity contribution in [2.75, 3.05) is 13.2 Å². The van der Waals surface area contributed by atoms with E-state index >= 15 is 0 Å². The Hall–Kier alpha value is -2.82. The van der Waals surface area contributed by atoms with Crippen LogP contribution in [0.25, 0.3) is 0 Å². The quantitative estimate of drug-likeness (QED) is 0.675. The highest BCUT2D eigenvalue weighted by atomic mass is 16.5. The number of nitrogens with one attached hydrogen (secondary N) is 1. The van der Waals surface area contributed by atoms with Gasteiger partial charge in [-0.1, -0.05) is 61.4 Å². The lowest BCUT2D eigenvalue weighted by molar-refractivity contribution is -0.142. The van der Waals surface area contributed by atoms with Gasteiger partial charge in [0.2, 0.25) is 5.91 Å². The lowest BCUT2D eigenvalue weighted by Gasteiger charge is -2.29. The van der Waals surface area contributed by atoms with E-state index in [1.807, 2.05) is 77.1 Å². The van der Waals surface area contributed by atoms with E-state index in [-0.39, 0.29) is 18.4 Å². The number of nitrogens with zero attached hydrogens (tertiary/aromatic N) is 1. The minimum atomic E-state index is -0.597. The molecule has 5 nitrogen and oxygen atoms in total. The second-order valence-electron chi connectivity index (χ2n) is 8.38. The zero-order chi connectivity index (χ0) is 22.3. The number of hydrogen-bond acceptors (Lipinski definition) is 3. The molecule has 2 aromatic carbocycles. The molecule has 30 heavy (non-hydrogen) atoms. The van der Waals surface area contributed by atoms with Gasteiger partial charge in [-0.25, -0.2) is 0 Å². The molecule has 2 amide bonds. The standard InChI is InChI=1S/C25H34N2O3/c1-17(2)14-26-25(29)21(6)27(15-22-10-7-18(3)8-11-22)24(28)16-30-23-12-9-19(4)13-20(23)5/h7-13,17,21H,14-16H2,1-6H3,(H,26,29)/t21-/m0/s1. The maximum Gasteiger partial charge on any atom is 0.261 e. The van der Waals surface area contributed by atoms with Gasteiger partial charge in [0, 0.05) is 13.1 Å². The summed E-state index contributed by atoms with van der Waals surface area (Å²) in [7, 11) is 0. The topological polar surface area (TPSA) is 58.6 Å². The normalized spacial score (nSPS) is 11.8. The first kappa shape index (κ1) is 23.5. The van der Waals surface area contributed by atoms with Gasteiger partial charge in [0.05, 0.1) is 0 Å². The summed E-state index contributed by atoms with van der Waals surface area (Å²) in [6.45, 7) is 12.7. The van der Waals surface area contributed by atoms with Crippen LogP contribution in [-0.4, -0.2) is 35.9 Å². The van der Waals surface area contributed by atoms with E-state index in [1.165, 1.54) is 0 Å². The molecule has 0 bridgehead atoms. The second kappa shape index (κ2) is 10.8. The Labute approximate surface area is 180 Å². The van der Waals surface area contributed by atoms with Crippen molar-refractivity contribution in [3.05, 3.63) is 64.7 Å². The average Bonchev–Trinajstić information content (AvgIpc) is 2.70. The van der Waals surface area contributed by atoms with Crippen LogP contribution in [0.5, 0.6) is 5.75 Å². The number of amides is 2. The van der Waals surface area contributed by atoms with E-state index < -0.39 is 6.04 Å². The fraction of sp³-hybridized carbons (Fsp3) is 0.440. The number of ether oxygens (including phenoxy) is 1. The van der Waals surface area contributed by atoms with E-state index in [9.17, 15) is 9.59 Å². The first-order chi connectivity index (χ1) is 14.2. The highest BCUT2D eigenvalue weighted by Gasteiger charge is 2.26. The number of aryl methyl sites for hydroxylation is 3. The van der Waals surface area contributed by atoms with Gasteiger partial charge in [-0.2, -0.15) is 0 Å². The molecular weight excluding hydrogens is 376 g/mol. The predicted molar refractivity (Wildman–Crippen MR) is 120 cm³/mol. The molecule has 0 aliphatic rings. The number of benzene rings is 2. The van der Waals surface area contributed by atoms with E-state index in [2.05, 4.69) is 5.32 Å². The smallest absolute Gasteiger partial charge is 0.261 e. The van der Waals surface area contributed by atoms with Gasteiger partial charge < -0.3 is 15.0 Å². The van der Waals surface area contributed by atoms with Crippen molar-refractivity contribution in [2.24, 2.45) is 5.92 Å².